The Hall–Kier alpha value is -1.98. The van der Waals surface area contributed by atoms with Gasteiger partial charge < -0.3 is 21.9 Å². The first-order chi connectivity index (χ1) is 12.6. The van der Waals surface area contributed by atoms with Gasteiger partial charge in [0, 0.05) is 18.3 Å². The van der Waals surface area contributed by atoms with E-state index in [0.717, 1.165) is 34.8 Å². The summed E-state index contributed by atoms with van der Waals surface area (Å²) in [5.41, 5.74) is 3.06. The summed E-state index contributed by atoms with van der Waals surface area (Å²) in [4.78, 5) is 19.5. The molecule has 0 atom stereocenters. The number of anilines is 1. The topological polar surface area (TPSA) is 38.1 Å². The second kappa shape index (κ2) is 9.81. The first-order valence-electron chi connectivity index (χ1n) is 9.07. The fourth-order valence-electron chi connectivity index (χ4n) is 3.12. The summed E-state index contributed by atoms with van der Waals surface area (Å²) in [6, 6.07) is 18.1. The van der Waals surface area contributed by atoms with Crippen LogP contribution in [0.5, 0.6) is 0 Å². The molecule has 0 fully saturated rings. The standard InChI is InChI=1S/C21H25N3OS.ClH/c1-4-14-23-19-13-9-8-12-18(19)22-21(23)26-15-20(25)24(16(2)3)17-10-6-5-7-11-17;/h5-13,16H,4,14-15H2,1-3H3;1H/p-1. The lowest BCUT2D eigenvalue weighted by atomic mass is 10.2. The number of nitrogens with zero attached hydrogens (tertiary/aromatic N) is 3. The second-order valence-corrected chi connectivity index (χ2v) is 7.46. The van der Waals surface area contributed by atoms with Gasteiger partial charge in [-0.1, -0.05) is 49.0 Å². The number of fused-ring (bicyclic) bond motifs is 1. The Morgan fingerprint density at radius 1 is 1.11 bits per heavy atom. The van der Waals surface area contributed by atoms with E-state index in [1.807, 2.05) is 67.3 Å². The number of imidazole rings is 1. The van der Waals surface area contributed by atoms with Crippen molar-refractivity contribution in [2.45, 2.75) is 44.9 Å². The minimum Gasteiger partial charge on any atom is -1.00 e. The van der Waals surface area contributed by atoms with E-state index in [1.54, 1.807) is 0 Å². The van der Waals surface area contributed by atoms with Gasteiger partial charge >= 0.3 is 0 Å². The number of amides is 1. The number of hydrogen-bond acceptors (Lipinski definition) is 3. The van der Waals surface area contributed by atoms with Gasteiger partial charge in [-0.15, -0.1) is 0 Å². The number of rotatable bonds is 7. The number of halogens is 1. The second-order valence-electron chi connectivity index (χ2n) is 6.52. The van der Waals surface area contributed by atoms with Crippen molar-refractivity contribution in [3.63, 3.8) is 0 Å². The molecule has 0 bridgehead atoms. The Kier molecular flexibility index (Phi) is 7.75. The van der Waals surface area contributed by atoms with Gasteiger partial charge in [0.05, 0.1) is 16.8 Å². The van der Waals surface area contributed by atoms with E-state index in [1.165, 1.54) is 11.8 Å². The number of hydrogen-bond donors (Lipinski definition) is 0. The van der Waals surface area contributed by atoms with Crippen LogP contribution < -0.4 is 17.3 Å². The molecular weight excluding hydrogens is 378 g/mol. The van der Waals surface area contributed by atoms with E-state index in [9.17, 15) is 4.79 Å². The predicted octanol–water partition coefficient (Wildman–Crippen LogP) is 1.98. The lowest BCUT2D eigenvalue weighted by Crippen LogP contribution is -3.00. The maximum absolute atomic E-state index is 12.9. The van der Waals surface area contributed by atoms with Gasteiger partial charge in [0.2, 0.25) is 5.91 Å². The highest BCUT2D eigenvalue weighted by molar-refractivity contribution is 7.99. The quantitative estimate of drug-likeness (QED) is 0.567. The molecule has 6 heteroatoms. The van der Waals surface area contributed by atoms with Crippen molar-refractivity contribution < 1.29 is 17.2 Å². The average Bonchev–Trinajstić information content (AvgIpc) is 2.99. The molecule has 0 aliphatic rings. The third-order valence-electron chi connectivity index (χ3n) is 4.21. The normalized spacial score (nSPS) is 10.8. The van der Waals surface area contributed by atoms with Gasteiger partial charge in [-0.05, 0) is 44.5 Å². The van der Waals surface area contributed by atoms with E-state index in [-0.39, 0.29) is 24.4 Å². The summed E-state index contributed by atoms with van der Waals surface area (Å²) in [5, 5.41) is 0.915. The zero-order valence-corrected chi connectivity index (χ0v) is 17.5. The van der Waals surface area contributed by atoms with Crippen LogP contribution in [0.15, 0.2) is 59.8 Å². The molecule has 0 N–H and O–H groups in total. The summed E-state index contributed by atoms with van der Waals surface area (Å²) in [6.07, 6.45) is 1.03. The smallest absolute Gasteiger partial charge is 0.237 e. The van der Waals surface area contributed by atoms with Crippen molar-refractivity contribution in [2.24, 2.45) is 0 Å². The fourth-order valence-corrected chi connectivity index (χ4v) is 4.02. The van der Waals surface area contributed by atoms with Crippen LogP contribution in [0, 0.1) is 0 Å². The lowest BCUT2D eigenvalue weighted by Gasteiger charge is -2.26. The molecule has 27 heavy (non-hydrogen) atoms. The Bertz CT molecular complexity index is 880. The maximum atomic E-state index is 12.9. The molecule has 3 aromatic rings. The Labute approximate surface area is 171 Å². The van der Waals surface area contributed by atoms with Crippen molar-refractivity contribution in [3.05, 3.63) is 54.6 Å². The van der Waals surface area contributed by atoms with Crippen molar-refractivity contribution in [2.75, 3.05) is 10.7 Å². The monoisotopic (exact) mass is 402 g/mol. The molecule has 0 spiro atoms. The number of para-hydroxylation sites is 3. The van der Waals surface area contributed by atoms with E-state index in [2.05, 4.69) is 17.6 Å². The van der Waals surface area contributed by atoms with Crippen LogP contribution in [-0.2, 0) is 11.3 Å². The average molecular weight is 403 g/mol. The van der Waals surface area contributed by atoms with Gasteiger partial charge in [0.15, 0.2) is 5.16 Å². The molecule has 0 unspecified atom stereocenters. The van der Waals surface area contributed by atoms with Crippen LogP contribution in [0.2, 0.25) is 0 Å². The molecular formula is C21H25ClN3OS-. The summed E-state index contributed by atoms with van der Waals surface area (Å²) >= 11 is 1.52. The zero-order chi connectivity index (χ0) is 18.5. The molecule has 0 aliphatic heterocycles. The minimum atomic E-state index is 0. The van der Waals surface area contributed by atoms with Crippen LogP contribution in [0.3, 0.4) is 0 Å². The van der Waals surface area contributed by atoms with Crippen molar-refractivity contribution in [1.82, 2.24) is 9.55 Å². The molecule has 1 heterocycles. The predicted molar refractivity (Wildman–Crippen MR) is 110 cm³/mol. The van der Waals surface area contributed by atoms with Crippen LogP contribution in [-0.4, -0.2) is 27.3 Å². The van der Waals surface area contributed by atoms with Crippen molar-refractivity contribution in [3.8, 4) is 0 Å². The molecule has 1 amide bonds. The summed E-state index contributed by atoms with van der Waals surface area (Å²) in [6.45, 7) is 7.15. The third-order valence-corrected chi connectivity index (χ3v) is 5.17. The molecule has 3 rings (SSSR count). The first kappa shape index (κ1) is 21.3. The highest BCUT2D eigenvalue weighted by atomic mass is 35.5. The highest BCUT2D eigenvalue weighted by Gasteiger charge is 2.20. The van der Waals surface area contributed by atoms with Gasteiger partial charge in [-0.2, -0.15) is 0 Å². The molecule has 2 aromatic carbocycles. The van der Waals surface area contributed by atoms with Crippen LogP contribution in [0.4, 0.5) is 5.69 Å². The van der Waals surface area contributed by atoms with Gasteiger partial charge in [0.1, 0.15) is 0 Å². The van der Waals surface area contributed by atoms with E-state index < -0.39 is 0 Å². The Morgan fingerprint density at radius 2 is 1.78 bits per heavy atom. The minimum absolute atomic E-state index is 0. The molecule has 1 aromatic heterocycles. The number of aromatic nitrogens is 2. The van der Waals surface area contributed by atoms with E-state index in [4.69, 9.17) is 4.98 Å². The van der Waals surface area contributed by atoms with Gasteiger partial charge in [-0.3, -0.25) is 4.79 Å². The van der Waals surface area contributed by atoms with Crippen molar-refractivity contribution in [1.29, 1.82) is 0 Å². The summed E-state index contributed by atoms with van der Waals surface area (Å²) in [5.74, 6) is 0.478. The number of thioether (sulfide) groups is 1. The van der Waals surface area contributed by atoms with Gasteiger partial charge in [0.25, 0.3) is 0 Å². The number of carbonyl (C=O) groups excluding carboxylic acids is 1. The first-order valence-corrected chi connectivity index (χ1v) is 10.1. The van der Waals surface area contributed by atoms with Crippen LogP contribution in [0.1, 0.15) is 27.2 Å². The molecule has 0 radical (unpaired) electrons. The van der Waals surface area contributed by atoms with Gasteiger partial charge in [-0.25, -0.2) is 4.98 Å². The molecule has 0 aliphatic carbocycles. The molecule has 0 saturated heterocycles. The van der Waals surface area contributed by atoms with E-state index >= 15 is 0 Å². The molecule has 0 saturated carbocycles. The highest BCUT2D eigenvalue weighted by Crippen LogP contribution is 2.26. The number of benzene rings is 2. The fraction of sp³-hybridized carbons (Fsp3) is 0.333. The Morgan fingerprint density at radius 3 is 2.44 bits per heavy atom. The largest absolute Gasteiger partial charge is 1.00 e. The Balaban J connectivity index is 0.00000261. The van der Waals surface area contributed by atoms with Crippen molar-refractivity contribution >= 4 is 34.4 Å². The maximum Gasteiger partial charge on any atom is 0.237 e. The number of aryl methyl sites for hydroxylation is 1. The van der Waals surface area contributed by atoms with Crippen LogP contribution in [0.25, 0.3) is 11.0 Å². The molecule has 4 nitrogen and oxygen atoms in total. The van der Waals surface area contributed by atoms with Crippen LogP contribution >= 0.6 is 11.8 Å². The zero-order valence-electron chi connectivity index (χ0n) is 15.9. The molecule has 144 valence electrons. The lowest BCUT2D eigenvalue weighted by molar-refractivity contribution is -0.116. The third kappa shape index (κ3) is 4.85. The summed E-state index contributed by atoms with van der Waals surface area (Å²) < 4.78 is 2.22. The van der Waals surface area contributed by atoms with E-state index in [0.29, 0.717) is 5.75 Å². The summed E-state index contributed by atoms with van der Waals surface area (Å²) in [7, 11) is 0. The SMILES string of the molecule is CCCn1c(SCC(=O)N(c2ccccc2)C(C)C)nc2ccccc21.[Cl-]. The number of carbonyl (C=O) groups is 1.